The molecule has 2 aliphatic rings. The summed E-state index contributed by atoms with van der Waals surface area (Å²) in [4.78, 5) is 14.4. The Bertz CT molecular complexity index is 747. The van der Waals surface area contributed by atoms with E-state index < -0.39 is 0 Å². The lowest BCUT2D eigenvalue weighted by molar-refractivity contribution is 0.0774. The molecule has 8 heteroatoms. The summed E-state index contributed by atoms with van der Waals surface area (Å²) in [5.74, 6) is 1.19. The van der Waals surface area contributed by atoms with Gasteiger partial charge in [0.2, 0.25) is 0 Å². The average molecular weight is 344 g/mol. The maximum Gasteiger partial charge on any atom is 0.317 e. The first-order valence-corrected chi connectivity index (χ1v) is 9.03. The monoisotopic (exact) mass is 344 g/mol. The molecule has 8 nitrogen and oxygen atoms in total. The second-order valence-corrected chi connectivity index (χ2v) is 6.90. The molecule has 2 amide bonds. The standard InChI is InChI=1S/C17H24N6O2/c1-12-2-3-15-19-20-16(23(15)21-12)13-4-8-22(9-5-13)17(24)18-14-6-10-25-11-7-14/h2-3,13-14H,4-11H2,1H3,(H,18,24). The van der Waals surface area contributed by atoms with Gasteiger partial charge in [-0.1, -0.05) is 0 Å². The normalized spacial score (nSPS) is 20.1. The van der Waals surface area contributed by atoms with E-state index in [1.165, 1.54) is 0 Å². The van der Waals surface area contributed by atoms with Gasteiger partial charge >= 0.3 is 6.03 Å². The number of hydrogen-bond donors (Lipinski definition) is 1. The van der Waals surface area contributed by atoms with Crippen LogP contribution in [0, 0.1) is 6.92 Å². The van der Waals surface area contributed by atoms with Gasteiger partial charge in [-0.05, 0) is 44.7 Å². The van der Waals surface area contributed by atoms with E-state index in [1.54, 1.807) is 0 Å². The third kappa shape index (κ3) is 3.44. The number of nitrogens with one attached hydrogen (secondary N) is 1. The third-order valence-corrected chi connectivity index (χ3v) is 5.12. The number of ether oxygens (including phenoxy) is 1. The predicted molar refractivity (Wildman–Crippen MR) is 91.4 cm³/mol. The van der Waals surface area contributed by atoms with Gasteiger partial charge in [0, 0.05) is 38.3 Å². The van der Waals surface area contributed by atoms with E-state index in [2.05, 4.69) is 20.6 Å². The van der Waals surface area contributed by atoms with Crippen LogP contribution in [0.25, 0.3) is 5.65 Å². The van der Waals surface area contributed by atoms with Crippen LogP contribution < -0.4 is 5.32 Å². The molecule has 2 aromatic heterocycles. The van der Waals surface area contributed by atoms with Crippen LogP contribution in [-0.2, 0) is 4.74 Å². The Kier molecular flexibility index (Phi) is 4.52. The number of nitrogens with zero attached hydrogens (tertiary/aromatic N) is 5. The number of carbonyl (C=O) groups excluding carboxylic acids is 1. The summed E-state index contributed by atoms with van der Waals surface area (Å²) in [5.41, 5.74) is 1.72. The van der Waals surface area contributed by atoms with Crippen molar-refractivity contribution in [2.75, 3.05) is 26.3 Å². The molecule has 0 saturated carbocycles. The van der Waals surface area contributed by atoms with Gasteiger partial charge in [0.15, 0.2) is 11.5 Å². The molecule has 2 aromatic rings. The number of amides is 2. The van der Waals surface area contributed by atoms with Gasteiger partial charge in [-0.2, -0.15) is 9.61 Å². The van der Waals surface area contributed by atoms with Crippen molar-refractivity contribution in [1.29, 1.82) is 0 Å². The van der Waals surface area contributed by atoms with Crippen molar-refractivity contribution in [2.45, 2.75) is 44.6 Å². The van der Waals surface area contributed by atoms with Crippen molar-refractivity contribution in [1.82, 2.24) is 30.0 Å². The number of aryl methyl sites for hydroxylation is 1. The van der Waals surface area contributed by atoms with E-state index in [4.69, 9.17) is 4.74 Å². The van der Waals surface area contributed by atoms with Crippen LogP contribution in [-0.4, -0.2) is 63.1 Å². The maximum absolute atomic E-state index is 12.4. The number of fused-ring (bicyclic) bond motifs is 1. The highest BCUT2D eigenvalue weighted by Crippen LogP contribution is 2.27. The van der Waals surface area contributed by atoms with Crippen LogP contribution in [0.5, 0.6) is 0 Å². The van der Waals surface area contributed by atoms with Gasteiger partial charge in [0.1, 0.15) is 0 Å². The molecule has 0 bridgehead atoms. The summed E-state index contributed by atoms with van der Waals surface area (Å²) in [6.07, 6.45) is 3.58. The lowest BCUT2D eigenvalue weighted by Crippen LogP contribution is -2.49. The van der Waals surface area contributed by atoms with Crippen LogP contribution in [0.3, 0.4) is 0 Å². The topological polar surface area (TPSA) is 84.7 Å². The SMILES string of the molecule is Cc1ccc2nnc(C3CCN(C(=O)NC4CCOCC4)CC3)n2n1. The summed E-state index contributed by atoms with van der Waals surface area (Å²) in [7, 11) is 0. The zero-order chi connectivity index (χ0) is 17.2. The number of likely N-dealkylation sites (tertiary alicyclic amines) is 1. The Labute approximate surface area is 146 Å². The Balaban J connectivity index is 1.37. The van der Waals surface area contributed by atoms with E-state index >= 15 is 0 Å². The van der Waals surface area contributed by atoms with Gasteiger partial charge < -0.3 is 15.0 Å². The fourth-order valence-electron chi connectivity index (χ4n) is 3.60. The number of rotatable bonds is 2. The van der Waals surface area contributed by atoms with Crippen molar-refractivity contribution < 1.29 is 9.53 Å². The van der Waals surface area contributed by atoms with E-state index in [9.17, 15) is 4.79 Å². The fourth-order valence-corrected chi connectivity index (χ4v) is 3.60. The van der Waals surface area contributed by atoms with Crippen LogP contribution in [0.15, 0.2) is 12.1 Å². The zero-order valence-corrected chi connectivity index (χ0v) is 14.5. The van der Waals surface area contributed by atoms with Gasteiger partial charge in [-0.3, -0.25) is 0 Å². The molecule has 0 spiro atoms. The minimum atomic E-state index is 0.0467. The Morgan fingerprint density at radius 1 is 1.16 bits per heavy atom. The van der Waals surface area contributed by atoms with Gasteiger partial charge in [0.25, 0.3) is 0 Å². The highest BCUT2D eigenvalue weighted by Gasteiger charge is 2.28. The number of urea groups is 1. The first-order valence-electron chi connectivity index (χ1n) is 9.03. The molecule has 4 rings (SSSR count). The predicted octanol–water partition coefficient (Wildman–Crippen LogP) is 1.50. The molecule has 2 fully saturated rings. The molecule has 4 heterocycles. The largest absolute Gasteiger partial charge is 0.381 e. The van der Waals surface area contributed by atoms with Crippen molar-refractivity contribution in [3.8, 4) is 0 Å². The first kappa shape index (κ1) is 16.3. The van der Waals surface area contributed by atoms with E-state index in [0.29, 0.717) is 0 Å². The van der Waals surface area contributed by atoms with Crippen molar-refractivity contribution in [3.05, 3.63) is 23.7 Å². The molecule has 25 heavy (non-hydrogen) atoms. The average Bonchev–Trinajstić information content (AvgIpc) is 3.05. The third-order valence-electron chi connectivity index (χ3n) is 5.12. The minimum Gasteiger partial charge on any atom is -0.381 e. The van der Waals surface area contributed by atoms with Crippen LogP contribution >= 0.6 is 0 Å². The highest BCUT2D eigenvalue weighted by atomic mass is 16.5. The van der Waals surface area contributed by atoms with Crippen LogP contribution in [0.1, 0.15) is 43.1 Å². The second-order valence-electron chi connectivity index (χ2n) is 6.90. The number of hydrogen-bond acceptors (Lipinski definition) is 5. The second kappa shape index (κ2) is 6.95. The van der Waals surface area contributed by atoms with Crippen molar-refractivity contribution in [2.24, 2.45) is 0 Å². The number of aromatic nitrogens is 4. The molecule has 134 valence electrons. The molecule has 0 unspecified atom stereocenters. The van der Waals surface area contributed by atoms with Gasteiger partial charge in [-0.15, -0.1) is 10.2 Å². The van der Waals surface area contributed by atoms with Crippen LogP contribution in [0.2, 0.25) is 0 Å². The smallest absolute Gasteiger partial charge is 0.317 e. The zero-order valence-electron chi connectivity index (χ0n) is 14.5. The molecule has 1 N–H and O–H groups in total. The Hall–Kier alpha value is -2.22. The molecule has 0 radical (unpaired) electrons. The van der Waals surface area contributed by atoms with Crippen LogP contribution in [0.4, 0.5) is 4.79 Å². The summed E-state index contributed by atoms with van der Waals surface area (Å²) in [6.45, 7) is 4.91. The summed E-state index contributed by atoms with van der Waals surface area (Å²) in [5, 5.41) is 16.2. The molecule has 2 saturated heterocycles. The lowest BCUT2D eigenvalue weighted by Gasteiger charge is -2.33. The quantitative estimate of drug-likeness (QED) is 0.892. The Morgan fingerprint density at radius 3 is 2.68 bits per heavy atom. The molecule has 0 aliphatic carbocycles. The number of carbonyl (C=O) groups is 1. The van der Waals surface area contributed by atoms with Gasteiger partial charge in [0.05, 0.1) is 5.69 Å². The van der Waals surface area contributed by atoms with Crippen molar-refractivity contribution >= 4 is 11.7 Å². The van der Waals surface area contributed by atoms with E-state index in [0.717, 1.165) is 69.2 Å². The minimum absolute atomic E-state index is 0.0467. The first-order chi connectivity index (χ1) is 12.2. The summed E-state index contributed by atoms with van der Waals surface area (Å²) >= 11 is 0. The van der Waals surface area contributed by atoms with Gasteiger partial charge in [-0.25, -0.2) is 4.79 Å². The van der Waals surface area contributed by atoms with Crippen molar-refractivity contribution in [3.63, 3.8) is 0 Å². The highest BCUT2D eigenvalue weighted by molar-refractivity contribution is 5.74. The maximum atomic E-state index is 12.4. The Morgan fingerprint density at radius 2 is 1.92 bits per heavy atom. The fraction of sp³-hybridized carbons (Fsp3) is 0.647. The molecular weight excluding hydrogens is 320 g/mol. The summed E-state index contributed by atoms with van der Waals surface area (Å²) < 4.78 is 7.18. The van der Waals surface area contributed by atoms with E-state index in [1.807, 2.05) is 28.5 Å². The summed E-state index contributed by atoms with van der Waals surface area (Å²) in [6, 6.07) is 4.17. The molecule has 0 atom stereocenters. The number of piperidine rings is 1. The molecular formula is C17H24N6O2. The molecule has 0 aromatic carbocycles. The lowest BCUT2D eigenvalue weighted by atomic mass is 9.96. The van der Waals surface area contributed by atoms with E-state index in [-0.39, 0.29) is 18.0 Å². The molecule has 2 aliphatic heterocycles.